The Balaban J connectivity index is 2.13. The second kappa shape index (κ2) is 7.14. The van der Waals surface area contributed by atoms with Gasteiger partial charge in [-0.05, 0) is 51.4 Å². The van der Waals surface area contributed by atoms with Crippen LogP contribution in [-0.2, 0) is 16.1 Å². The standard InChI is InChI=1S/C15H24N2O2/c1-15(2,3)19-14(18)8-5-9-17-11-12-6-4-7-13(16)10-12/h4,6-7,10,17H,5,8-9,11,16H2,1-3H3. The third kappa shape index (κ3) is 7.47. The molecule has 0 atom stereocenters. The lowest BCUT2D eigenvalue weighted by Gasteiger charge is -2.19. The highest BCUT2D eigenvalue weighted by atomic mass is 16.6. The molecule has 4 nitrogen and oxygen atoms in total. The van der Waals surface area contributed by atoms with Crippen molar-refractivity contribution in [2.24, 2.45) is 0 Å². The molecule has 0 aliphatic carbocycles. The second-order valence-electron chi connectivity index (χ2n) is 5.61. The third-order valence-electron chi connectivity index (χ3n) is 2.43. The first-order valence-electron chi connectivity index (χ1n) is 6.64. The predicted octanol–water partition coefficient (Wildman–Crippen LogP) is 2.48. The molecule has 1 aromatic rings. The van der Waals surface area contributed by atoms with Gasteiger partial charge in [0.15, 0.2) is 0 Å². The molecule has 0 spiro atoms. The highest BCUT2D eigenvalue weighted by Crippen LogP contribution is 2.09. The van der Waals surface area contributed by atoms with Crippen LogP contribution in [0.25, 0.3) is 0 Å². The van der Waals surface area contributed by atoms with Crippen LogP contribution in [0, 0.1) is 0 Å². The van der Waals surface area contributed by atoms with E-state index in [0.29, 0.717) is 6.42 Å². The maximum absolute atomic E-state index is 11.5. The molecule has 4 heteroatoms. The second-order valence-corrected chi connectivity index (χ2v) is 5.61. The van der Waals surface area contributed by atoms with Crippen molar-refractivity contribution in [2.75, 3.05) is 12.3 Å². The van der Waals surface area contributed by atoms with Gasteiger partial charge in [0.1, 0.15) is 5.60 Å². The molecule has 106 valence electrons. The summed E-state index contributed by atoms with van der Waals surface area (Å²) in [6, 6.07) is 7.77. The molecule has 0 aliphatic heterocycles. The molecule has 19 heavy (non-hydrogen) atoms. The fourth-order valence-corrected chi connectivity index (χ4v) is 1.69. The first-order chi connectivity index (χ1) is 8.87. The highest BCUT2D eigenvalue weighted by Gasteiger charge is 2.15. The summed E-state index contributed by atoms with van der Waals surface area (Å²) in [6.45, 7) is 7.18. The molecule has 0 aromatic heterocycles. The maximum atomic E-state index is 11.5. The molecule has 1 rings (SSSR count). The molecule has 0 saturated carbocycles. The van der Waals surface area contributed by atoms with E-state index in [1.165, 1.54) is 0 Å². The average Bonchev–Trinajstić information content (AvgIpc) is 2.26. The minimum absolute atomic E-state index is 0.141. The van der Waals surface area contributed by atoms with E-state index in [2.05, 4.69) is 5.32 Å². The number of nitrogen functional groups attached to an aromatic ring is 1. The fraction of sp³-hybridized carbons (Fsp3) is 0.533. The Hall–Kier alpha value is -1.55. The SMILES string of the molecule is CC(C)(C)OC(=O)CCCNCc1cccc(N)c1. The number of nitrogens with one attached hydrogen (secondary N) is 1. The zero-order chi connectivity index (χ0) is 14.3. The molecule has 0 saturated heterocycles. The molecular formula is C15H24N2O2. The van der Waals surface area contributed by atoms with Gasteiger partial charge in [-0.15, -0.1) is 0 Å². The van der Waals surface area contributed by atoms with Crippen molar-refractivity contribution in [1.82, 2.24) is 5.32 Å². The largest absolute Gasteiger partial charge is 0.460 e. The van der Waals surface area contributed by atoms with Crippen LogP contribution in [0.2, 0.25) is 0 Å². The van der Waals surface area contributed by atoms with Gasteiger partial charge in [0.2, 0.25) is 0 Å². The predicted molar refractivity (Wildman–Crippen MR) is 77.6 cm³/mol. The molecule has 0 aliphatic rings. The number of anilines is 1. The van der Waals surface area contributed by atoms with E-state index < -0.39 is 5.60 Å². The first kappa shape index (κ1) is 15.5. The summed E-state index contributed by atoms with van der Waals surface area (Å²) in [4.78, 5) is 11.5. The molecule has 0 amide bonds. The van der Waals surface area contributed by atoms with Crippen molar-refractivity contribution in [3.63, 3.8) is 0 Å². The Morgan fingerprint density at radius 1 is 1.37 bits per heavy atom. The summed E-state index contributed by atoms with van der Waals surface area (Å²) in [5.41, 5.74) is 7.22. The molecule has 0 heterocycles. The summed E-state index contributed by atoms with van der Waals surface area (Å²) in [7, 11) is 0. The lowest BCUT2D eigenvalue weighted by atomic mass is 10.2. The van der Waals surface area contributed by atoms with E-state index in [1.54, 1.807) is 0 Å². The number of carbonyl (C=O) groups excluding carboxylic acids is 1. The van der Waals surface area contributed by atoms with Crippen molar-refractivity contribution in [2.45, 2.75) is 45.8 Å². The summed E-state index contributed by atoms with van der Waals surface area (Å²) in [5, 5.41) is 3.28. The Morgan fingerprint density at radius 3 is 2.74 bits per heavy atom. The van der Waals surface area contributed by atoms with E-state index >= 15 is 0 Å². The number of hydrogen-bond donors (Lipinski definition) is 2. The zero-order valence-corrected chi connectivity index (χ0v) is 12.0. The molecular weight excluding hydrogens is 240 g/mol. The van der Waals surface area contributed by atoms with Crippen LogP contribution < -0.4 is 11.1 Å². The monoisotopic (exact) mass is 264 g/mol. The first-order valence-corrected chi connectivity index (χ1v) is 6.64. The van der Waals surface area contributed by atoms with Gasteiger partial charge < -0.3 is 15.8 Å². The van der Waals surface area contributed by atoms with Crippen molar-refractivity contribution in [3.05, 3.63) is 29.8 Å². The number of ether oxygens (including phenoxy) is 1. The van der Waals surface area contributed by atoms with Gasteiger partial charge in [-0.2, -0.15) is 0 Å². The zero-order valence-electron chi connectivity index (χ0n) is 12.0. The molecule has 3 N–H and O–H groups in total. The van der Waals surface area contributed by atoms with E-state index in [1.807, 2.05) is 45.0 Å². The average molecular weight is 264 g/mol. The van der Waals surface area contributed by atoms with Crippen LogP contribution in [0.15, 0.2) is 24.3 Å². The van der Waals surface area contributed by atoms with Gasteiger partial charge in [0.25, 0.3) is 0 Å². The minimum Gasteiger partial charge on any atom is -0.460 e. The molecule has 0 radical (unpaired) electrons. The number of esters is 1. The van der Waals surface area contributed by atoms with Gasteiger partial charge in [-0.1, -0.05) is 12.1 Å². The van der Waals surface area contributed by atoms with E-state index in [-0.39, 0.29) is 5.97 Å². The molecule has 0 fully saturated rings. The van der Waals surface area contributed by atoms with E-state index in [4.69, 9.17) is 10.5 Å². The number of carbonyl (C=O) groups is 1. The summed E-state index contributed by atoms with van der Waals surface area (Å²) < 4.78 is 5.24. The van der Waals surface area contributed by atoms with Crippen LogP contribution in [0.4, 0.5) is 5.69 Å². The van der Waals surface area contributed by atoms with Crippen LogP contribution >= 0.6 is 0 Å². The van der Waals surface area contributed by atoms with Crippen LogP contribution in [-0.4, -0.2) is 18.1 Å². The van der Waals surface area contributed by atoms with Crippen LogP contribution in [0.3, 0.4) is 0 Å². The van der Waals surface area contributed by atoms with Crippen molar-refractivity contribution < 1.29 is 9.53 Å². The summed E-state index contributed by atoms with van der Waals surface area (Å²) in [6.07, 6.45) is 1.22. The normalized spacial score (nSPS) is 11.3. The smallest absolute Gasteiger partial charge is 0.306 e. The fourth-order valence-electron chi connectivity index (χ4n) is 1.69. The lowest BCUT2D eigenvalue weighted by molar-refractivity contribution is -0.154. The van der Waals surface area contributed by atoms with Crippen molar-refractivity contribution in [1.29, 1.82) is 0 Å². The summed E-state index contributed by atoms with van der Waals surface area (Å²) in [5.74, 6) is -0.141. The third-order valence-corrected chi connectivity index (χ3v) is 2.43. The topological polar surface area (TPSA) is 64.3 Å². The Kier molecular flexibility index (Phi) is 5.83. The maximum Gasteiger partial charge on any atom is 0.306 e. The highest BCUT2D eigenvalue weighted by molar-refractivity contribution is 5.69. The van der Waals surface area contributed by atoms with Gasteiger partial charge in [-0.3, -0.25) is 4.79 Å². The van der Waals surface area contributed by atoms with Gasteiger partial charge in [-0.25, -0.2) is 0 Å². The Labute approximate surface area is 115 Å². The van der Waals surface area contributed by atoms with Gasteiger partial charge in [0, 0.05) is 18.7 Å². The van der Waals surface area contributed by atoms with Crippen molar-refractivity contribution >= 4 is 11.7 Å². The van der Waals surface area contributed by atoms with Crippen LogP contribution in [0.1, 0.15) is 39.2 Å². The quantitative estimate of drug-likeness (QED) is 0.470. The Bertz CT molecular complexity index is 411. The van der Waals surface area contributed by atoms with Gasteiger partial charge >= 0.3 is 5.97 Å². The van der Waals surface area contributed by atoms with E-state index in [0.717, 1.165) is 30.8 Å². The summed E-state index contributed by atoms with van der Waals surface area (Å²) >= 11 is 0. The number of rotatable bonds is 6. The molecule has 1 aromatic carbocycles. The number of nitrogens with two attached hydrogens (primary N) is 1. The molecule has 0 unspecified atom stereocenters. The number of hydrogen-bond acceptors (Lipinski definition) is 4. The van der Waals surface area contributed by atoms with E-state index in [9.17, 15) is 4.79 Å². The lowest BCUT2D eigenvalue weighted by Crippen LogP contribution is -2.24. The Morgan fingerprint density at radius 2 is 2.11 bits per heavy atom. The minimum atomic E-state index is -0.397. The van der Waals surface area contributed by atoms with Crippen molar-refractivity contribution in [3.8, 4) is 0 Å². The number of benzene rings is 1. The molecule has 0 bridgehead atoms. The van der Waals surface area contributed by atoms with Gasteiger partial charge in [0.05, 0.1) is 0 Å². The van der Waals surface area contributed by atoms with Crippen LogP contribution in [0.5, 0.6) is 0 Å².